The maximum absolute atomic E-state index is 13.6. The minimum atomic E-state index is -0.329. The molecule has 1 atom stereocenters. The number of methoxy groups -OCH3 is 1. The van der Waals surface area contributed by atoms with Crippen LogP contribution in [-0.2, 0) is 0 Å². The molecule has 108 valence electrons. The Morgan fingerprint density at radius 1 is 1.30 bits per heavy atom. The van der Waals surface area contributed by atoms with Gasteiger partial charge in [0.25, 0.3) is 0 Å². The normalized spacial score (nSPS) is 12.4. The van der Waals surface area contributed by atoms with Gasteiger partial charge in [0, 0.05) is 9.75 Å². The molecule has 0 saturated heterocycles. The lowest BCUT2D eigenvalue weighted by Gasteiger charge is -2.19. The molecule has 0 aliphatic rings. The Morgan fingerprint density at radius 3 is 2.60 bits per heavy atom. The van der Waals surface area contributed by atoms with Gasteiger partial charge in [-0.05, 0) is 49.7 Å². The number of hydrogen-bond donors (Lipinski definition) is 1. The summed E-state index contributed by atoms with van der Waals surface area (Å²) in [5.41, 5.74) is 2.27. The third-order valence-electron chi connectivity index (χ3n) is 3.31. The van der Waals surface area contributed by atoms with Gasteiger partial charge in [-0.15, -0.1) is 11.3 Å². The van der Waals surface area contributed by atoms with Crippen LogP contribution in [0.1, 0.15) is 33.8 Å². The van der Waals surface area contributed by atoms with Gasteiger partial charge in [-0.3, -0.25) is 0 Å². The Kier molecular flexibility index (Phi) is 4.78. The van der Waals surface area contributed by atoms with Crippen LogP contribution in [0.25, 0.3) is 0 Å². The van der Waals surface area contributed by atoms with Crippen molar-refractivity contribution < 1.29 is 9.13 Å². The molecule has 1 heterocycles. The molecule has 0 aliphatic carbocycles. The van der Waals surface area contributed by atoms with Crippen LogP contribution >= 0.6 is 11.3 Å². The second-order valence-corrected chi connectivity index (χ2v) is 6.21. The van der Waals surface area contributed by atoms with Gasteiger partial charge in [0.15, 0.2) is 11.6 Å². The SMILES string of the molecule is CCNC(c1ccc(F)c(OC)c1)c1cc(C)sc1C. The Balaban J connectivity index is 2.45. The van der Waals surface area contributed by atoms with Gasteiger partial charge >= 0.3 is 0 Å². The molecule has 2 rings (SSSR count). The zero-order valence-electron chi connectivity index (χ0n) is 12.3. The molecule has 0 radical (unpaired) electrons. The van der Waals surface area contributed by atoms with E-state index < -0.39 is 0 Å². The van der Waals surface area contributed by atoms with Crippen LogP contribution in [0.5, 0.6) is 5.75 Å². The van der Waals surface area contributed by atoms with Crippen LogP contribution in [0, 0.1) is 19.7 Å². The predicted molar refractivity (Wildman–Crippen MR) is 82.3 cm³/mol. The molecule has 1 aromatic carbocycles. The number of benzene rings is 1. The van der Waals surface area contributed by atoms with Crippen molar-refractivity contribution in [2.24, 2.45) is 0 Å². The van der Waals surface area contributed by atoms with Crippen molar-refractivity contribution in [2.45, 2.75) is 26.8 Å². The summed E-state index contributed by atoms with van der Waals surface area (Å²) in [4.78, 5) is 2.58. The van der Waals surface area contributed by atoms with Crippen LogP contribution < -0.4 is 10.1 Å². The first-order valence-corrected chi connectivity index (χ1v) is 7.52. The zero-order valence-corrected chi connectivity index (χ0v) is 13.1. The lowest BCUT2D eigenvalue weighted by molar-refractivity contribution is 0.385. The molecule has 20 heavy (non-hydrogen) atoms. The number of hydrogen-bond acceptors (Lipinski definition) is 3. The first-order valence-electron chi connectivity index (χ1n) is 6.70. The van der Waals surface area contributed by atoms with Crippen molar-refractivity contribution in [3.8, 4) is 5.75 Å². The number of halogens is 1. The Hall–Kier alpha value is -1.39. The summed E-state index contributed by atoms with van der Waals surface area (Å²) >= 11 is 1.79. The van der Waals surface area contributed by atoms with Crippen LogP contribution in [-0.4, -0.2) is 13.7 Å². The number of rotatable bonds is 5. The number of aryl methyl sites for hydroxylation is 2. The smallest absolute Gasteiger partial charge is 0.165 e. The molecule has 4 heteroatoms. The van der Waals surface area contributed by atoms with Gasteiger partial charge < -0.3 is 10.1 Å². The van der Waals surface area contributed by atoms with Crippen LogP contribution in [0.4, 0.5) is 4.39 Å². The first kappa shape index (κ1) is 15.0. The molecule has 0 fully saturated rings. The molecule has 1 N–H and O–H groups in total. The molecule has 0 spiro atoms. The number of thiophene rings is 1. The Morgan fingerprint density at radius 2 is 2.05 bits per heavy atom. The predicted octanol–water partition coefficient (Wildman–Crippen LogP) is 4.21. The molecule has 0 saturated carbocycles. The van der Waals surface area contributed by atoms with Crippen molar-refractivity contribution in [1.29, 1.82) is 0 Å². The highest BCUT2D eigenvalue weighted by molar-refractivity contribution is 7.12. The third-order valence-corrected chi connectivity index (χ3v) is 4.29. The fraction of sp³-hybridized carbons (Fsp3) is 0.375. The Labute approximate surface area is 123 Å². The van der Waals surface area contributed by atoms with E-state index in [1.165, 1.54) is 28.5 Å². The minimum absolute atomic E-state index is 0.0689. The second-order valence-electron chi connectivity index (χ2n) is 4.75. The summed E-state index contributed by atoms with van der Waals surface area (Å²) in [6, 6.07) is 7.32. The molecule has 0 amide bonds. The maximum Gasteiger partial charge on any atom is 0.165 e. The van der Waals surface area contributed by atoms with E-state index in [-0.39, 0.29) is 17.6 Å². The van der Waals surface area contributed by atoms with Crippen LogP contribution in [0.15, 0.2) is 24.3 Å². The highest BCUT2D eigenvalue weighted by atomic mass is 32.1. The van der Waals surface area contributed by atoms with Gasteiger partial charge in [0.05, 0.1) is 13.2 Å². The van der Waals surface area contributed by atoms with E-state index in [0.29, 0.717) is 0 Å². The topological polar surface area (TPSA) is 21.3 Å². The molecule has 1 aromatic heterocycles. The fourth-order valence-electron chi connectivity index (χ4n) is 2.40. The van der Waals surface area contributed by atoms with Gasteiger partial charge in [-0.1, -0.05) is 13.0 Å². The second kappa shape index (κ2) is 6.37. The number of ether oxygens (including phenoxy) is 1. The van der Waals surface area contributed by atoms with E-state index in [9.17, 15) is 4.39 Å². The summed E-state index contributed by atoms with van der Waals surface area (Å²) in [5, 5.41) is 3.47. The number of nitrogens with one attached hydrogen (secondary N) is 1. The molecule has 0 bridgehead atoms. The summed E-state index contributed by atoms with van der Waals surface area (Å²) in [7, 11) is 1.49. The van der Waals surface area contributed by atoms with E-state index >= 15 is 0 Å². The first-order chi connectivity index (χ1) is 9.56. The summed E-state index contributed by atoms with van der Waals surface area (Å²) in [6.45, 7) is 7.15. The maximum atomic E-state index is 13.6. The Bertz CT molecular complexity index is 594. The van der Waals surface area contributed by atoms with E-state index in [1.54, 1.807) is 17.4 Å². The standard InChI is InChI=1S/C16H20FNOS/c1-5-18-16(13-8-10(2)20-11(13)3)12-6-7-14(17)15(9-12)19-4/h6-9,16,18H,5H2,1-4H3. The van der Waals surface area contributed by atoms with Gasteiger partial charge in [-0.2, -0.15) is 0 Å². The zero-order chi connectivity index (χ0) is 14.7. The van der Waals surface area contributed by atoms with Crippen LogP contribution in [0.3, 0.4) is 0 Å². The quantitative estimate of drug-likeness (QED) is 0.891. The average molecular weight is 293 g/mol. The lowest BCUT2D eigenvalue weighted by atomic mass is 9.98. The fourth-order valence-corrected chi connectivity index (χ4v) is 3.37. The highest BCUT2D eigenvalue weighted by Crippen LogP contribution is 2.32. The van der Waals surface area contributed by atoms with Gasteiger partial charge in [0.2, 0.25) is 0 Å². The van der Waals surface area contributed by atoms with Crippen LogP contribution in [0.2, 0.25) is 0 Å². The van der Waals surface area contributed by atoms with E-state index in [2.05, 4.69) is 32.2 Å². The largest absolute Gasteiger partial charge is 0.494 e. The van der Waals surface area contributed by atoms with E-state index in [0.717, 1.165) is 12.1 Å². The van der Waals surface area contributed by atoms with Crippen molar-refractivity contribution in [2.75, 3.05) is 13.7 Å². The third kappa shape index (κ3) is 3.02. The van der Waals surface area contributed by atoms with E-state index in [4.69, 9.17) is 4.74 Å². The average Bonchev–Trinajstić information content (AvgIpc) is 2.75. The minimum Gasteiger partial charge on any atom is -0.494 e. The van der Waals surface area contributed by atoms with Crippen molar-refractivity contribution >= 4 is 11.3 Å². The monoisotopic (exact) mass is 293 g/mol. The molecule has 2 aromatic rings. The summed E-state index contributed by atoms with van der Waals surface area (Å²) in [5.74, 6) is -0.0419. The molecule has 2 nitrogen and oxygen atoms in total. The van der Waals surface area contributed by atoms with Gasteiger partial charge in [-0.25, -0.2) is 4.39 Å². The molecular weight excluding hydrogens is 273 g/mol. The van der Waals surface area contributed by atoms with Crippen molar-refractivity contribution in [1.82, 2.24) is 5.32 Å². The molecule has 0 aliphatic heterocycles. The summed E-state index contributed by atoms with van der Waals surface area (Å²) in [6.07, 6.45) is 0. The van der Waals surface area contributed by atoms with Gasteiger partial charge in [0.1, 0.15) is 0 Å². The summed E-state index contributed by atoms with van der Waals surface area (Å²) < 4.78 is 18.6. The lowest BCUT2D eigenvalue weighted by Crippen LogP contribution is -2.22. The molecule has 1 unspecified atom stereocenters. The van der Waals surface area contributed by atoms with E-state index in [1.807, 2.05) is 6.07 Å². The van der Waals surface area contributed by atoms with Crippen molar-refractivity contribution in [3.05, 3.63) is 51.0 Å². The van der Waals surface area contributed by atoms with Crippen molar-refractivity contribution in [3.63, 3.8) is 0 Å². The highest BCUT2D eigenvalue weighted by Gasteiger charge is 2.18. The molecular formula is C16H20FNOS.